The zero-order valence-electron chi connectivity index (χ0n) is 24.9. The zero-order chi connectivity index (χ0) is 33.4. The monoisotopic (exact) mass is 631 g/mol. The predicted octanol–water partition coefficient (Wildman–Crippen LogP) is 4.09. The van der Waals surface area contributed by atoms with E-state index < -0.39 is 12.1 Å². The number of carboxylic acids is 1. The average molecular weight is 632 g/mol. The first kappa shape index (κ1) is 33.4. The Morgan fingerprint density at radius 3 is 2.30 bits per heavy atom. The lowest BCUT2D eigenvalue weighted by atomic mass is 9.88. The molecule has 1 heterocycles. The summed E-state index contributed by atoms with van der Waals surface area (Å²) >= 11 is 0. The fourth-order valence-electron chi connectivity index (χ4n) is 4.85. The maximum atomic E-state index is 13.6. The van der Waals surface area contributed by atoms with Crippen molar-refractivity contribution in [3.8, 4) is 22.5 Å². The maximum absolute atomic E-state index is 13.6. The topological polar surface area (TPSA) is 151 Å². The Morgan fingerprint density at radius 1 is 0.935 bits per heavy atom. The number of carbonyl (C=O) groups is 3. The van der Waals surface area contributed by atoms with Crippen LogP contribution in [0.5, 0.6) is 0 Å². The number of hydrogen-bond acceptors (Lipinski definition) is 6. The third-order valence-corrected chi connectivity index (χ3v) is 7.17. The standard InChI is InChI=1S/C33H31N3O3.C2HF3O2/c1-2-3-18-36-33(38)22-11-8-21(9-12-22)10-17-29(37)25-6-4-5-7-26(25)32-27-15-13-23(34)19-30(27)39-31-20-24(35)14-16-28(31)32;3-2(4,5)1(6)7/h4-9,11-16,19-20,34H,2-3,10,17-18,35H2,1H3,(H,36,38);(H,6,7). The molecule has 1 aliphatic carbocycles. The third kappa shape index (κ3) is 8.17. The lowest BCUT2D eigenvalue weighted by Crippen LogP contribution is -2.44. The molecule has 1 amide bonds. The highest BCUT2D eigenvalue weighted by molar-refractivity contribution is 6.10. The lowest BCUT2D eigenvalue weighted by molar-refractivity contribution is -0.344. The van der Waals surface area contributed by atoms with Gasteiger partial charge in [0, 0.05) is 58.4 Å². The van der Waals surface area contributed by atoms with Gasteiger partial charge in [-0.05, 0) is 54.3 Å². The van der Waals surface area contributed by atoms with Gasteiger partial charge in [0.1, 0.15) is 17.3 Å². The number of aryl methyl sites for hydroxylation is 1. The van der Waals surface area contributed by atoms with Crippen molar-refractivity contribution in [1.82, 2.24) is 5.32 Å². The Hall–Kier alpha value is -5.45. The minimum Gasteiger partial charge on any atom is -0.542 e. The molecule has 0 atom stereocenters. The highest BCUT2D eigenvalue weighted by Crippen LogP contribution is 2.41. The fraction of sp³-hybridized carbons (Fsp3) is 0.200. The number of nitrogen functional groups attached to an aromatic ring is 1. The molecular formula is C35H32F3N3O5. The number of nitrogens with one attached hydrogen (secondary N) is 1. The number of hydrogen-bond donors (Lipinski definition) is 3. The van der Waals surface area contributed by atoms with Crippen LogP contribution in [0.25, 0.3) is 33.4 Å². The molecule has 1 aliphatic heterocycles. The van der Waals surface area contributed by atoms with E-state index in [1.165, 1.54) is 0 Å². The normalized spacial score (nSPS) is 11.1. The van der Waals surface area contributed by atoms with Crippen LogP contribution >= 0.6 is 0 Å². The molecule has 238 valence electrons. The summed E-state index contributed by atoms with van der Waals surface area (Å²) in [6.45, 7) is 2.76. The minimum absolute atomic E-state index is 0.0416. The molecule has 0 saturated carbocycles. The second-order valence-electron chi connectivity index (χ2n) is 10.5. The molecule has 2 aliphatic rings. The van der Waals surface area contributed by atoms with Gasteiger partial charge in [0.25, 0.3) is 5.91 Å². The molecule has 5 N–H and O–H groups in total. The van der Waals surface area contributed by atoms with Crippen LogP contribution in [0.1, 0.15) is 52.5 Å². The first-order valence-electron chi connectivity index (χ1n) is 14.5. The van der Waals surface area contributed by atoms with Crippen molar-refractivity contribution in [2.24, 2.45) is 0 Å². The third-order valence-electron chi connectivity index (χ3n) is 7.17. The Morgan fingerprint density at radius 2 is 1.63 bits per heavy atom. The van der Waals surface area contributed by atoms with E-state index in [0.29, 0.717) is 52.9 Å². The Labute approximate surface area is 262 Å². The van der Waals surface area contributed by atoms with E-state index in [4.69, 9.17) is 25.5 Å². The number of fused-ring (bicyclic) bond motifs is 2. The van der Waals surface area contributed by atoms with E-state index in [1.54, 1.807) is 12.1 Å². The number of carboxylic acid groups (broad SMARTS) is 1. The van der Waals surface area contributed by atoms with Crippen molar-refractivity contribution in [1.29, 1.82) is 0 Å². The number of carbonyl (C=O) groups excluding carboxylic acids is 3. The number of anilines is 1. The van der Waals surface area contributed by atoms with Crippen LogP contribution in [0.3, 0.4) is 0 Å². The summed E-state index contributed by atoms with van der Waals surface area (Å²) in [7, 11) is 0. The SMILES string of the molecule is CCCCNC(=O)c1ccc(CCC(=O)c2ccccc2-c2c3ccc(=[NH2+])cc-3oc3cc(N)ccc23)cc1.O=C([O-])C(F)(F)F. The van der Waals surface area contributed by atoms with Crippen LogP contribution in [-0.2, 0) is 11.2 Å². The molecule has 0 spiro atoms. The average Bonchev–Trinajstić information content (AvgIpc) is 3.02. The number of amides is 1. The molecule has 0 aromatic heterocycles. The Balaban J connectivity index is 0.000000617. The molecule has 8 nitrogen and oxygen atoms in total. The number of rotatable bonds is 9. The molecule has 5 rings (SSSR count). The maximum Gasteiger partial charge on any atom is 0.430 e. The smallest absolute Gasteiger partial charge is 0.430 e. The van der Waals surface area contributed by atoms with Gasteiger partial charge in [-0.2, -0.15) is 13.2 Å². The molecule has 3 aromatic carbocycles. The summed E-state index contributed by atoms with van der Waals surface area (Å²) < 4.78 is 37.7. The number of alkyl halides is 3. The molecule has 46 heavy (non-hydrogen) atoms. The molecule has 11 heteroatoms. The van der Waals surface area contributed by atoms with Gasteiger partial charge in [-0.1, -0.05) is 49.7 Å². The number of unbranched alkanes of at least 4 members (excludes halogenated alkanes) is 1. The van der Waals surface area contributed by atoms with E-state index in [9.17, 15) is 22.8 Å². The van der Waals surface area contributed by atoms with E-state index >= 15 is 0 Å². The molecule has 3 aromatic rings. The van der Waals surface area contributed by atoms with Crippen molar-refractivity contribution in [2.75, 3.05) is 12.3 Å². The van der Waals surface area contributed by atoms with Gasteiger partial charge in [0.2, 0.25) is 0 Å². The summed E-state index contributed by atoms with van der Waals surface area (Å²) in [5.41, 5.74) is 12.2. The number of nitrogens with two attached hydrogens (primary N) is 2. The summed E-state index contributed by atoms with van der Waals surface area (Å²) in [6, 6.07) is 26.3. The second-order valence-corrected chi connectivity index (χ2v) is 10.5. The molecule has 0 bridgehead atoms. The molecule has 0 fully saturated rings. The lowest BCUT2D eigenvalue weighted by Gasteiger charge is -2.17. The number of ketones is 1. The summed E-state index contributed by atoms with van der Waals surface area (Å²) in [4.78, 5) is 34.7. The van der Waals surface area contributed by atoms with Gasteiger partial charge < -0.3 is 25.4 Å². The quantitative estimate of drug-likeness (QED) is 0.0965. The summed E-state index contributed by atoms with van der Waals surface area (Å²) in [6.07, 6.45) is -2.29. The number of halogens is 3. The van der Waals surface area contributed by atoms with Crippen molar-refractivity contribution in [3.05, 3.63) is 107 Å². The van der Waals surface area contributed by atoms with Gasteiger partial charge in [0.15, 0.2) is 11.1 Å². The molecular weight excluding hydrogens is 599 g/mol. The second kappa shape index (κ2) is 14.6. The minimum atomic E-state index is -5.19. The Kier molecular flexibility index (Phi) is 10.6. The van der Waals surface area contributed by atoms with Gasteiger partial charge in [-0.25, -0.2) is 0 Å². The van der Waals surface area contributed by atoms with Crippen LogP contribution < -0.4 is 26.9 Å². The van der Waals surface area contributed by atoms with Crippen molar-refractivity contribution < 1.29 is 42.5 Å². The number of aliphatic carboxylic acids is 1. The first-order valence-corrected chi connectivity index (χ1v) is 14.5. The first-order chi connectivity index (χ1) is 21.9. The van der Waals surface area contributed by atoms with Gasteiger partial charge in [-0.15, -0.1) is 0 Å². The number of benzene rings is 4. The number of Topliss-reactive ketones (excluding diaryl/α,β-unsaturated/α-hetero) is 1. The van der Waals surface area contributed by atoms with Crippen LogP contribution in [0.15, 0.2) is 89.3 Å². The van der Waals surface area contributed by atoms with Crippen molar-refractivity contribution in [2.45, 2.75) is 38.8 Å². The van der Waals surface area contributed by atoms with Gasteiger partial charge >= 0.3 is 6.18 Å². The zero-order valence-corrected chi connectivity index (χ0v) is 24.9. The predicted molar refractivity (Wildman–Crippen MR) is 165 cm³/mol. The van der Waals surface area contributed by atoms with E-state index in [0.717, 1.165) is 40.5 Å². The molecule has 0 unspecified atom stereocenters. The largest absolute Gasteiger partial charge is 0.542 e. The van der Waals surface area contributed by atoms with E-state index in [2.05, 4.69) is 12.2 Å². The molecule has 0 radical (unpaired) electrons. The van der Waals surface area contributed by atoms with Crippen LogP contribution in [0.2, 0.25) is 0 Å². The van der Waals surface area contributed by atoms with Crippen LogP contribution in [0.4, 0.5) is 18.9 Å². The van der Waals surface area contributed by atoms with E-state index in [1.807, 2.05) is 72.8 Å². The van der Waals surface area contributed by atoms with Gasteiger partial charge in [0.05, 0.1) is 6.07 Å². The van der Waals surface area contributed by atoms with Crippen LogP contribution in [-0.4, -0.2) is 30.4 Å². The van der Waals surface area contributed by atoms with E-state index in [-0.39, 0.29) is 11.7 Å². The van der Waals surface area contributed by atoms with Crippen molar-refractivity contribution >= 4 is 34.3 Å². The Bertz CT molecular complexity index is 1900. The fourth-order valence-corrected chi connectivity index (χ4v) is 4.85. The van der Waals surface area contributed by atoms with Crippen LogP contribution in [0, 0.1) is 0 Å². The summed E-state index contributed by atoms with van der Waals surface area (Å²) in [5.74, 6) is -2.41. The molecule has 0 saturated heterocycles. The van der Waals surface area contributed by atoms with Gasteiger partial charge in [-0.3, -0.25) is 15.0 Å². The summed E-state index contributed by atoms with van der Waals surface area (Å²) in [5, 5.41) is 19.2. The highest BCUT2D eigenvalue weighted by Gasteiger charge is 2.29. The highest BCUT2D eigenvalue weighted by atomic mass is 19.4. The van der Waals surface area contributed by atoms with Crippen molar-refractivity contribution in [3.63, 3.8) is 0 Å².